The van der Waals surface area contributed by atoms with Gasteiger partial charge in [0.25, 0.3) is 0 Å². The minimum atomic E-state index is -3.75. The predicted molar refractivity (Wildman–Crippen MR) is 88.1 cm³/mol. The summed E-state index contributed by atoms with van der Waals surface area (Å²) >= 11 is 0. The van der Waals surface area contributed by atoms with Crippen molar-refractivity contribution in [3.63, 3.8) is 0 Å². The Morgan fingerprint density at radius 3 is 2.41 bits per heavy atom. The summed E-state index contributed by atoms with van der Waals surface area (Å²) in [6.07, 6.45) is 1.55. The number of rotatable bonds is 7. The largest absolute Gasteiger partial charge is 0.351 e. The molecule has 0 spiro atoms. The van der Waals surface area contributed by atoms with Crippen molar-refractivity contribution in [2.75, 3.05) is 6.54 Å². The SMILES string of the molecule is C=CCNC(=O)[C@@H](NS(=O)(=O)c1ccc(C)c(C)c1)C(C)C. The number of nitrogens with one attached hydrogen (secondary N) is 2. The zero-order valence-corrected chi connectivity index (χ0v) is 14.3. The van der Waals surface area contributed by atoms with Crippen LogP contribution in [0.4, 0.5) is 0 Å². The molecular formula is C16H24N2O3S. The normalized spacial score (nSPS) is 13.0. The first-order valence-electron chi connectivity index (χ1n) is 7.17. The van der Waals surface area contributed by atoms with E-state index in [-0.39, 0.29) is 16.7 Å². The van der Waals surface area contributed by atoms with Gasteiger partial charge in [0.05, 0.1) is 4.90 Å². The topological polar surface area (TPSA) is 75.3 Å². The Morgan fingerprint density at radius 2 is 1.91 bits per heavy atom. The zero-order valence-electron chi connectivity index (χ0n) is 13.5. The van der Waals surface area contributed by atoms with Gasteiger partial charge in [0.1, 0.15) is 6.04 Å². The number of benzene rings is 1. The highest BCUT2D eigenvalue weighted by Gasteiger charge is 2.28. The van der Waals surface area contributed by atoms with Gasteiger partial charge in [0.15, 0.2) is 0 Å². The van der Waals surface area contributed by atoms with Crippen LogP contribution in [0.1, 0.15) is 25.0 Å². The van der Waals surface area contributed by atoms with Crippen LogP contribution in [0.3, 0.4) is 0 Å². The van der Waals surface area contributed by atoms with Gasteiger partial charge in [-0.15, -0.1) is 6.58 Å². The van der Waals surface area contributed by atoms with Crippen LogP contribution in [0.15, 0.2) is 35.7 Å². The summed E-state index contributed by atoms with van der Waals surface area (Å²) in [4.78, 5) is 12.3. The first-order valence-corrected chi connectivity index (χ1v) is 8.65. The number of amides is 1. The van der Waals surface area contributed by atoms with Gasteiger partial charge in [-0.25, -0.2) is 8.42 Å². The molecule has 0 saturated carbocycles. The van der Waals surface area contributed by atoms with E-state index in [1.807, 2.05) is 13.8 Å². The minimum Gasteiger partial charge on any atom is -0.351 e. The van der Waals surface area contributed by atoms with E-state index >= 15 is 0 Å². The maximum absolute atomic E-state index is 12.5. The molecule has 0 heterocycles. The molecule has 0 aliphatic rings. The highest BCUT2D eigenvalue weighted by molar-refractivity contribution is 7.89. The number of aryl methyl sites for hydroxylation is 2. The number of sulfonamides is 1. The van der Waals surface area contributed by atoms with E-state index in [0.29, 0.717) is 6.54 Å². The van der Waals surface area contributed by atoms with Crippen molar-refractivity contribution in [2.24, 2.45) is 5.92 Å². The summed E-state index contributed by atoms with van der Waals surface area (Å²) in [7, 11) is -3.75. The first kappa shape index (κ1) is 18.4. The molecule has 0 saturated heterocycles. The van der Waals surface area contributed by atoms with Crippen LogP contribution in [0, 0.1) is 19.8 Å². The smallest absolute Gasteiger partial charge is 0.241 e. The van der Waals surface area contributed by atoms with Crippen LogP contribution < -0.4 is 10.0 Å². The lowest BCUT2D eigenvalue weighted by Crippen LogP contribution is -2.49. The number of carbonyl (C=O) groups excluding carboxylic acids is 1. The van der Waals surface area contributed by atoms with Crippen molar-refractivity contribution >= 4 is 15.9 Å². The quantitative estimate of drug-likeness (QED) is 0.752. The molecule has 122 valence electrons. The summed E-state index contributed by atoms with van der Waals surface area (Å²) in [6, 6.07) is 4.08. The Morgan fingerprint density at radius 1 is 1.27 bits per heavy atom. The lowest BCUT2D eigenvalue weighted by atomic mass is 10.1. The molecular weight excluding hydrogens is 300 g/mol. The number of hydrogen-bond acceptors (Lipinski definition) is 3. The van der Waals surface area contributed by atoms with E-state index < -0.39 is 16.1 Å². The zero-order chi connectivity index (χ0) is 16.9. The van der Waals surface area contributed by atoms with Gasteiger partial charge in [0.2, 0.25) is 15.9 Å². The van der Waals surface area contributed by atoms with Crippen molar-refractivity contribution in [3.05, 3.63) is 42.0 Å². The second-order valence-corrected chi connectivity index (χ2v) is 7.34. The van der Waals surface area contributed by atoms with Crippen LogP contribution in [0.5, 0.6) is 0 Å². The van der Waals surface area contributed by atoms with Gasteiger partial charge in [-0.1, -0.05) is 26.0 Å². The van der Waals surface area contributed by atoms with Crippen LogP contribution in [0.2, 0.25) is 0 Å². The molecule has 0 bridgehead atoms. The molecule has 0 aliphatic heterocycles. The Bertz CT molecular complexity index is 651. The van der Waals surface area contributed by atoms with E-state index in [9.17, 15) is 13.2 Å². The molecule has 0 radical (unpaired) electrons. The third-order valence-corrected chi connectivity index (χ3v) is 4.88. The Balaban J connectivity index is 3.02. The molecule has 2 N–H and O–H groups in total. The summed E-state index contributed by atoms with van der Waals surface area (Å²) in [5, 5.41) is 2.62. The molecule has 0 unspecified atom stereocenters. The van der Waals surface area contributed by atoms with E-state index in [0.717, 1.165) is 11.1 Å². The maximum atomic E-state index is 12.5. The lowest BCUT2D eigenvalue weighted by molar-refractivity contribution is -0.123. The first-order chi connectivity index (χ1) is 10.2. The van der Waals surface area contributed by atoms with Crippen molar-refractivity contribution < 1.29 is 13.2 Å². The molecule has 1 aromatic carbocycles. The Labute approximate surface area is 132 Å². The van der Waals surface area contributed by atoms with Crippen LogP contribution in [0.25, 0.3) is 0 Å². The lowest BCUT2D eigenvalue weighted by Gasteiger charge is -2.21. The summed E-state index contributed by atoms with van der Waals surface area (Å²) < 4.78 is 27.4. The highest BCUT2D eigenvalue weighted by atomic mass is 32.2. The molecule has 1 rings (SSSR count). The standard InChI is InChI=1S/C16H24N2O3S/c1-6-9-17-16(19)15(11(2)3)18-22(20,21)14-8-7-12(4)13(5)10-14/h6-8,10-11,15,18H,1,9H2,2-5H3,(H,17,19)/t15-/m0/s1. The molecule has 1 aromatic rings. The average molecular weight is 324 g/mol. The van der Waals surface area contributed by atoms with E-state index in [1.165, 1.54) is 0 Å². The van der Waals surface area contributed by atoms with Crippen molar-refractivity contribution in [2.45, 2.75) is 38.6 Å². The summed E-state index contributed by atoms with van der Waals surface area (Å²) in [6.45, 7) is 11.2. The van der Waals surface area contributed by atoms with Crippen molar-refractivity contribution in [1.29, 1.82) is 0 Å². The molecule has 6 heteroatoms. The summed E-state index contributed by atoms with van der Waals surface area (Å²) in [5.74, 6) is -0.534. The molecule has 0 aliphatic carbocycles. The second-order valence-electron chi connectivity index (χ2n) is 5.62. The molecule has 5 nitrogen and oxygen atoms in total. The fraction of sp³-hybridized carbons (Fsp3) is 0.438. The van der Waals surface area contributed by atoms with Crippen molar-refractivity contribution in [3.8, 4) is 0 Å². The fourth-order valence-electron chi connectivity index (χ4n) is 1.89. The van der Waals surface area contributed by atoms with Gasteiger partial charge >= 0.3 is 0 Å². The molecule has 1 amide bonds. The van der Waals surface area contributed by atoms with Gasteiger partial charge in [0, 0.05) is 6.54 Å². The van der Waals surface area contributed by atoms with Gasteiger partial charge in [-0.2, -0.15) is 4.72 Å². The van der Waals surface area contributed by atoms with Crippen LogP contribution in [-0.2, 0) is 14.8 Å². The van der Waals surface area contributed by atoms with Gasteiger partial charge < -0.3 is 5.32 Å². The van der Waals surface area contributed by atoms with Crippen molar-refractivity contribution in [1.82, 2.24) is 10.0 Å². The van der Waals surface area contributed by atoms with Gasteiger partial charge in [-0.3, -0.25) is 4.79 Å². The predicted octanol–water partition coefficient (Wildman–Crippen LogP) is 1.91. The number of carbonyl (C=O) groups is 1. The third kappa shape index (κ3) is 4.68. The highest BCUT2D eigenvalue weighted by Crippen LogP contribution is 2.16. The maximum Gasteiger partial charge on any atom is 0.241 e. The second kappa shape index (κ2) is 7.56. The average Bonchev–Trinajstić information content (AvgIpc) is 2.44. The van der Waals surface area contributed by atoms with Crippen LogP contribution in [-0.4, -0.2) is 26.9 Å². The molecule has 1 atom stereocenters. The van der Waals surface area contributed by atoms with E-state index in [4.69, 9.17) is 0 Å². The van der Waals surface area contributed by atoms with Gasteiger partial charge in [-0.05, 0) is 43.0 Å². The third-order valence-electron chi connectivity index (χ3n) is 3.44. The van der Waals surface area contributed by atoms with E-state index in [1.54, 1.807) is 38.1 Å². The fourth-order valence-corrected chi connectivity index (χ4v) is 3.32. The molecule has 0 fully saturated rings. The van der Waals surface area contributed by atoms with Crippen LogP contribution >= 0.6 is 0 Å². The molecule has 0 aromatic heterocycles. The monoisotopic (exact) mass is 324 g/mol. The molecule has 22 heavy (non-hydrogen) atoms. The Kier molecular flexibility index (Phi) is 6.32. The summed E-state index contributed by atoms with van der Waals surface area (Å²) in [5.41, 5.74) is 1.91. The Hall–Kier alpha value is -1.66. The number of hydrogen-bond donors (Lipinski definition) is 2. The van der Waals surface area contributed by atoms with E-state index in [2.05, 4.69) is 16.6 Å². The minimum absolute atomic E-state index is 0.165.